The van der Waals surface area contributed by atoms with Crippen LogP contribution in [0.2, 0.25) is 0 Å². The fourth-order valence-electron chi connectivity index (χ4n) is 7.08. The lowest BCUT2D eigenvalue weighted by Gasteiger charge is -2.46. The van der Waals surface area contributed by atoms with Crippen molar-refractivity contribution in [2.75, 3.05) is 6.61 Å². The molecular formula is C32H46N8O3. The lowest BCUT2D eigenvalue weighted by Crippen LogP contribution is -2.57. The number of carbonyl (C=O) groups is 2. The van der Waals surface area contributed by atoms with Crippen LogP contribution in [0, 0.1) is 17.8 Å². The van der Waals surface area contributed by atoms with E-state index >= 15 is 0 Å². The highest BCUT2D eigenvalue weighted by molar-refractivity contribution is 5.92. The Morgan fingerprint density at radius 1 is 1.26 bits per heavy atom. The van der Waals surface area contributed by atoms with Gasteiger partial charge in [0, 0.05) is 44.1 Å². The molecule has 0 aromatic carbocycles. The lowest BCUT2D eigenvalue weighted by molar-refractivity contribution is -0.135. The molecule has 2 N–H and O–H groups in total. The summed E-state index contributed by atoms with van der Waals surface area (Å²) in [5, 5.41) is 15.6. The van der Waals surface area contributed by atoms with Crippen molar-refractivity contribution in [3.63, 3.8) is 0 Å². The van der Waals surface area contributed by atoms with Gasteiger partial charge in [0.2, 0.25) is 5.91 Å². The molecule has 3 aromatic rings. The maximum atomic E-state index is 13.3. The number of imidazole rings is 1. The van der Waals surface area contributed by atoms with Crippen molar-refractivity contribution in [3.8, 4) is 0 Å². The number of aryl methyl sites for hydroxylation is 1. The minimum absolute atomic E-state index is 0.0853. The van der Waals surface area contributed by atoms with Gasteiger partial charge in [-0.1, -0.05) is 33.1 Å². The summed E-state index contributed by atoms with van der Waals surface area (Å²) in [7, 11) is 1.77. The monoisotopic (exact) mass is 590 g/mol. The first-order chi connectivity index (χ1) is 20.6. The van der Waals surface area contributed by atoms with Gasteiger partial charge in [-0.15, -0.1) is 0 Å². The Balaban J connectivity index is 1.33. The lowest BCUT2D eigenvalue weighted by atomic mass is 9.66. The normalized spacial score (nSPS) is 26.0. The highest BCUT2D eigenvalue weighted by Gasteiger charge is 2.45. The number of piperidine rings is 2. The number of rotatable bonds is 11. The number of hydrogen-bond donors (Lipinski definition) is 2. The standard InChI is InChI=1S/C32H46N8O3/c1-6-19(2)8-7-9-24(35-30(42)27-10-12-33-39(27)5)26-18-40-31(36-26)37-28(20-11-13-43-32(3,4)17-20)25(38-40)16-23-21-14-22(15-21)34-29(23)41/h10,12,18-24H,6-9,11,13-17H2,1-5H3,(H,34,41)(H,35,42). The third-order valence-corrected chi connectivity index (χ3v) is 9.96. The minimum Gasteiger partial charge on any atom is -0.376 e. The van der Waals surface area contributed by atoms with E-state index < -0.39 is 0 Å². The van der Waals surface area contributed by atoms with Gasteiger partial charge in [-0.3, -0.25) is 14.3 Å². The Labute approximate surface area is 253 Å². The summed E-state index contributed by atoms with van der Waals surface area (Å²) >= 11 is 0. The number of amides is 2. The third kappa shape index (κ3) is 6.32. The Hall–Kier alpha value is -3.34. The number of fused-ring (bicyclic) bond motifs is 3. The predicted octanol–water partition coefficient (Wildman–Crippen LogP) is 4.29. The van der Waals surface area contributed by atoms with E-state index in [1.807, 2.05) is 6.20 Å². The SMILES string of the molecule is CCC(C)CCCC(NC(=O)c1ccnn1C)c1cn2nc(CC3C(=O)NC4CC3C4)c(C3CCOC(C)(C)C3)nc2n1. The molecule has 11 nitrogen and oxygen atoms in total. The second-order valence-corrected chi connectivity index (χ2v) is 13.7. The molecule has 7 rings (SSSR count). The van der Waals surface area contributed by atoms with Gasteiger partial charge >= 0.3 is 0 Å². The van der Waals surface area contributed by atoms with Crippen LogP contribution in [0.3, 0.4) is 0 Å². The zero-order valence-corrected chi connectivity index (χ0v) is 26.2. The molecule has 232 valence electrons. The van der Waals surface area contributed by atoms with E-state index in [0.29, 0.717) is 42.4 Å². The summed E-state index contributed by atoms with van der Waals surface area (Å²) in [5.41, 5.74) is 2.80. The quantitative estimate of drug-likeness (QED) is 0.341. The van der Waals surface area contributed by atoms with E-state index in [2.05, 4.69) is 43.4 Å². The first kappa shape index (κ1) is 29.7. The number of hydrogen-bond acceptors (Lipinski definition) is 7. The molecule has 6 heterocycles. The van der Waals surface area contributed by atoms with E-state index in [4.69, 9.17) is 19.8 Å². The Morgan fingerprint density at radius 2 is 2.07 bits per heavy atom. The highest BCUT2D eigenvalue weighted by atomic mass is 16.5. The van der Waals surface area contributed by atoms with E-state index in [1.165, 1.54) is 0 Å². The molecule has 2 bridgehead atoms. The molecule has 4 aliphatic rings. The smallest absolute Gasteiger partial charge is 0.270 e. The van der Waals surface area contributed by atoms with Crippen LogP contribution in [0.1, 0.15) is 119 Å². The largest absolute Gasteiger partial charge is 0.376 e. The number of aromatic nitrogens is 6. The van der Waals surface area contributed by atoms with E-state index in [1.54, 1.807) is 28.5 Å². The molecular weight excluding hydrogens is 544 g/mol. The van der Waals surface area contributed by atoms with Gasteiger partial charge in [-0.05, 0) is 63.9 Å². The maximum absolute atomic E-state index is 13.3. The van der Waals surface area contributed by atoms with Gasteiger partial charge in [0.15, 0.2) is 0 Å². The van der Waals surface area contributed by atoms with E-state index in [-0.39, 0.29) is 35.3 Å². The summed E-state index contributed by atoms with van der Waals surface area (Å²) in [6.45, 7) is 9.38. The summed E-state index contributed by atoms with van der Waals surface area (Å²) in [6.07, 6.45) is 11.8. The first-order valence-corrected chi connectivity index (χ1v) is 16.1. The van der Waals surface area contributed by atoms with Crippen LogP contribution in [0.25, 0.3) is 5.78 Å². The average molecular weight is 591 g/mol. The Kier molecular flexibility index (Phi) is 8.28. The van der Waals surface area contributed by atoms with Crippen molar-refractivity contribution >= 4 is 17.6 Å². The summed E-state index contributed by atoms with van der Waals surface area (Å²) in [5.74, 6) is 1.60. The summed E-state index contributed by atoms with van der Waals surface area (Å²) < 4.78 is 9.36. The first-order valence-electron chi connectivity index (χ1n) is 16.1. The molecule has 3 aromatic heterocycles. The number of nitrogens with one attached hydrogen (secondary N) is 2. The van der Waals surface area contributed by atoms with Crippen LogP contribution < -0.4 is 10.6 Å². The summed E-state index contributed by atoms with van der Waals surface area (Å²) in [6, 6.07) is 1.77. The Bertz CT molecular complexity index is 1470. The second kappa shape index (κ2) is 12.0. The van der Waals surface area contributed by atoms with Crippen molar-refractivity contribution in [1.29, 1.82) is 0 Å². The summed E-state index contributed by atoms with van der Waals surface area (Å²) in [4.78, 5) is 36.3. The van der Waals surface area contributed by atoms with Crippen LogP contribution in [-0.2, 0) is 23.0 Å². The molecule has 0 radical (unpaired) electrons. The second-order valence-electron chi connectivity index (χ2n) is 13.7. The molecule has 2 amide bonds. The third-order valence-electron chi connectivity index (χ3n) is 9.96. The van der Waals surface area contributed by atoms with Crippen LogP contribution in [0.4, 0.5) is 0 Å². The van der Waals surface area contributed by atoms with Gasteiger partial charge in [0.1, 0.15) is 5.69 Å². The molecule has 4 unspecified atom stereocenters. The van der Waals surface area contributed by atoms with Crippen LogP contribution in [0.15, 0.2) is 18.5 Å². The number of nitrogens with zero attached hydrogens (tertiary/aromatic N) is 6. The molecule has 3 aliphatic heterocycles. The van der Waals surface area contributed by atoms with Gasteiger partial charge < -0.3 is 15.4 Å². The fourth-order valence-corrected chi connectivity index (χ4v) is 7.08. The average Bonchev–Trinajstić information content (AvgIpc) is 3.57. The molecule has 1 saturated carbocycles. The van der Waals surface area contributed by atoms with E-state index in [0.717, 1.165) is 68.4 Å². The molecule has 1 aliphatic carbocycles. The molecule has 4 atom stereocenters. The predicted molar refractivity (Wildman–Crippen MR) is 161 cm³/mol. The zero-order valence-electron chi connectivity index (χ0n) is 26.2. The van der Waals surface area contributed by atoms with Crippen molar-refractivity contribution in [3.05, 3.63) is 41.2 Å². The minimum atomic E-state index is -0.292. The maximum Gasteiger partial charge on any atom is 0.270 e. The highest BCUT2D eigenvalue weighted by Crippen LogP contribution is 2.42. The number of carbonyl (C=O) groups excluding carboxylic acids is 2. The molecule has 0 spiro atoms. The molecule has 3 saturated heterocycles. The molecule has 4 fully saturated rings. The van der Waals surface area contributed by atoms with Gasteiger partial charge in [-0.25, -0.2) is 14.5 Å². The van der Waals surface area contributed by atoms with Crippen molar-refractivity contribution in [2.24, 2.45) is 24.8 Å². The fraction of sp³-hybridized carbons (Fsp3) is 0.688. The molecule has 43 heavy (non-hydrogen) atoms. The van der Waals surface area contributed by atoms with Crippen molar-refractivity contribution in [2.45, 2.75) is 109 Å². The van der Waals surface area contributed by atoms with Gasteiger partial charge in [-0.2, -0.15) is 10.2 Å². The van der Waals surface area contributed by atoms with Crippen LogP contribution in [-0.4, -0.2) is 59.4 Å². The van der Waals surface area contributed by atoms with Crippen molar-refractivity contribution < 1.29 is 14.3 Å². The zero-order chi connectivity index (χ0) is 30.3. The van der Waals surface area contributed by atoms with Crippen molar-refractivity contribution in [1.82, 2.24) is 40.0 Å². The van der Waals surface area contributed by atoms with Gasteiger partial charge in [0.25, 0.3) is 11.7 Å². The topological polar surface area (TPSA) is 128 Å². The van der Waals surface area contributed by atoms with E-state index in [9.17, 15) is 9.59 Å². The van der Waals surface area contributed by atoms with Crippen LogP contribution in [0.5, 0.6) is 0 Å². The molecule has 11 heteroatoms. The number of ether oxygens (including phenoxy) is 1. The van der Waals surface area contributed by atoms with Gasteiger partial charge in [0.05, 0.1) is 34.9 Å². The Morgan fingerprint density at radius 3 is 2.77 bits per heavy atom. The van der Waals surface area contributed by atoms with Crippen LogP contribution >= 0.6 is 0 Å².